The number of thiocarbonyl (C=S) groups is 1. The molecule has 0 unspecified atom stereocenters. The van der Waals surface area contributed by atoms with Crippen LogP contribution < -0.4 is 14.4 Å². The van der Waals surface area contributed by atoms with Gasteiger partial charge in [-0.1, -0.05) is 78.0 Å². The van der Waals surface area contributed by atoms with E-state index in [2.05, 4.69) is 56.1 Å². The van der Waals surface area contributed by atoms with Gasteiger partial charge in [0.2, 0.25) is 0 Å². The molecule has 1 heterocycles. The van der Waals surface area contributed by atoms with E-state index in [1.165, 1.54) is 16.7 Å². The molecule has 0 atom stereocenters. The first-order chi connectivity index (χ1) is 17.9. The number of carbonyl (C=O) groups is 1. The first-order valence-electron chi connectivity index (χ1n) is 11.1. The van der Waals surface area contributed by atoms with Gasteiger partial charge < -0.3 is 9.47 Å². The van der Waals surface area contributed by atoms with Crippen molar-refractivity contribution in [2.24, 2.45) is 0 Å². The van der Waals surface area contributed by atoms with Crippen LogP contribution in [0.25, 0.3) is 16.8 Å². The fourth-order valence-electron chi connectivity index (χ4n) is 4.00. The second kappa shape index (κ2) is 11.2. The number of carbonyl (C=O) groups excluding carboxylic acids is 1. The fourth-order valence-corrected chi connectivity index (χ4v) is 6.29. The average Bonchev–Trinajstić information content (AvgIpc) is 3.17. The Morgan fingerprint density at radius 1 is 1.03 bits per heavy atom. The average molecular weight is 676 g/mol. The van der Waals surface area contributed by atoms with E-state index >= 15 is 0 Å². The Balaban J connectivity index is 1.40. The van der Waals surface area contributed by atoms with E-state index in [0.717, 1.165) is 26.4 Å². The second-order valence-corrected chi connectivity index (χ2v) is 11.9. The summed E-state index contributed by atoms with van der Waals surface area (Å²) in [6, 6.07) is 23.4. The molecule has 1 amide bonds. The normalized spacial score (nSPS) is 14.6. The molecule has 0 N–H and O–H groups in total. The lowest BCUT2D eigenvalue weighted by Crippen LogP contribution is -2.27. The highest BCUT2D eigenvalue weighted by atomic mass is 79.9. The van der Waals surface area contributed by atoms with Gasteiger partial charge in [0.1, 0.15) is 6.61 Å². The zero-order chi connectivity index (χ0) is 26.1. The van der Waals surface area contributed by atoms with Crippen LogP contribution in [0.4, 0.5) is 5.69 Å². The summed E-state index contributed by atoms with van der Waals surface area (Å²) in [7, 11) is 1.59. The van der Waals surface area contributed by atoms with Crippen LogP contribution in [-0.2, 0) is 11.4 Å². The van der Waals surface area contributed by atoms with Gasteiger partial charge in [0, 0.05) is 4.47 Å². The van der Waals surface area contributed by atoms with E-state index in [-0.39, 0.29) is 5.91 Å². The first kappa shape index (κ1) is 26.3. The highest BCUT2D eigenvalue weighted by Crippen LogP contribution is 2.41. The van der Waals surface area contributed by atoms with Crippen LogP contribution in [0.2, 0.25) is 5.02 Å². The molecule has 0 spiro atoms. The summed E-state index contributed by atoms with van der Waals surface area (Å²) in [6.45, 7) is 0.379. The maximum absolute atomic E-state index is 13.2. The van der Waals surface area contributed by atoms with Crippen molar-refractivity contribution in [2.45, 2.75) is 6.61 Å². The molecule has 0 bridgehead atoms. The molecule has 5 rings (SSSR count). The Labute approximate surface area is 245 Å². The van der Waals surface area contributed by atoms with Crippen LogP contribution in [0, 0.1) is 0 Å². The summed E-state index contributed by atoms with van der Waals surface area (Å²) < 4.78 is 13.7. The van der Waals surface area contributed by atoms with Gasteiger partial charge in [-0.3, -0.25) is 9.69 Å². The molecular weight excluding hydrogens is 658 g/mol. The molecule has 1 fully saturated rings. The number of fused-ring (bicyclic) bond motifs is 1. The Morgan fingerprint density at radius 2 is 1.81 bits per heavy atom. The van der Waals surface area contributed by atoms with Crippen molar-refractivity contribution in [3.8, 4) is 11.5 Å². The maximum atomic E-state index is 13.2. The van der Waals surface area contributed by atoms with Crippen molar-refractivity contribution >= 4 is 100 Å². The Morgan fingerprint density at radius 3 is 2.59 bits per heavy atom. The molecule has 1 aliphatic rings. The van der Waals surface area contributed by atoms with E-state index in [1.807, 2.05) is 30.3 Å². The maximum Gasteiger partial charge on any atom is 0.270 e. The Bertz CT molecular complexity index is 1590. The summed E-state index contributed by atoms with van der Waals surface area (Å²) in [5.74, 6) is 0.931. The highest BCUT2D eigenvalue weighted by Gasteiger charge is 2.33. The van der Waals surface area contributed by atoms with Gasteiger partial charge in [0.15, 0.2) is 15.8 Å². The topological polar surface area (TPSA) is 38.8 Å². The van der Waals surface area contributed by atoms with Crippen LogP contribution >= 0.6 is 67.4 Å². The smallest absolute Gasteiger partial charge is 0.270 e. The molecular formula is C28H18Br2ClNO3S2. The number of benzene rings is 4. The number of ether oxygens (including phenoxy) is 2. The molecule has 186 valence electrons. The van der Waals surface area contributed by atoms with Gasteiger partial charge in [-0.25, -0.2) is 0 Å². The summed E-state index contributed by atoms with van der Waals surface area (Å²) in [4.78, 5) is 15.2. The molecule has 0 aliphatic carbocycles. The van der Waals surface area contributed by atoms with E-state index in [0.29, 0.717) is 42.5 Å². The summed E-state index contributed by atoms with van der Waals surface area (Å²) in [5, 5.41) is 2.81. The minimum atomic E-state index is -0.209. The van der Waals surface area contributed by atoms with E-state index in [9.17, 15) is 4.79 Å². The number of nitrogens with zero attached hydrogens (tertiary/aromatic N) is 1. The largest absolute Gasteiger partial charge is 0.493 e. The third kappa shape index (κ3) is 5.45. The van der Waals surface area contributed by atoms with Crippen molar-refractivity contribution in [1.82, 2.24) is 0 Å². The zero-order valence-electron chi connectivity index (χ0n) is 19.3. The zero-order valence-corrected chi connectivity index (χ0v) is 24.9. The van der Waals surface area contributed by atoms with Gasteiger partial charge in [0.25, 0.3) is 5.91 Å². The number of amides is 1. The predicted octanol–water partition coefficient (Wildman–Crippen LogP) is 9.01. The summed E-state index contributed by atoms with van der Waals surface area (Å²) in [5.41, 5.74) is 2.47. The highest BCUT2D eigenvalue weighted by molar-refractivity contribution is 9.10. The van der Waals surface area contributed by atoms with Gasteiger partial charge in [-0.15, -0.1) is 0 Å². The Kier molecular flexibility index (Phi) is 7.93. The molecule has 9 heteroatoms. The van der Waals surface area contributed by atoms with E-state index in [1.54, 1.807) is 31.4 Å². The van der Waals surface area contributed by atoms with Crippen LogP contribution in [-0.4, -0.2) is 17.3 Å². The third-order valence-electron chi connectivity index (χ3n) is 5.76. The molecule has 4 nitrogen and oxygen atoms in total. The van der Waals surface area contributed by atoms with Crippen molar-refractivity contribution in [2.75, 3.05) is 12.0 Å². The number of hydrogen-bond acceptors (Lipinski definition) is 5. The fraction of sp³-hybridized carbons (Fsp3) is 0.0714. The molecule has 1 aliphatic heterocycles. The predicted molar refractivity (Wildman–Crippen MR) is 164 cm³/mol. The molecule has 4 aromatic carbocycles. The molecule has 4 aromatic rings. The van der Waals surface area contributed by atoms with Crippen LogP contribution in [0.1, 0.15) is 11.1 Å². The lowest BCUT2D eigenvalue weighted by atomic mass is 10.1. The van der Waals surface area contributed by atoms with E-state index in [4.69, 9.17) is 33.3 Å². The van der Waals surface area contributed by atoms with Crippen molar-refractivity contribution < 1.29 is 14.3 Å². The van der Waals surface area contributed by atoms with Crippen LogP contribution in [0.15, 0.2) is 86.6 Å². The lowest BCUT2D eigenvalue weighted by Gasteiger charge is -2.15. The van der Waals surface area contributed by atoms with Crippen LogP contribution in [0.3, 0.4) is 0 Å². The first-order valence-corrected chi connectivity index (χ1v) is 14.2. The lowest BCUT2D eigenvalue weighted by molar-refractivity contribution is -0.113. The van der Waals surface area contributed by atoms with Crippen molar-refractivity contribution in [1.29, 1.82) is 0 Å². The second-order valence-electron chi connectivity index (χ2n) is 8.08. The standard InChI is InChI=1S/C28H18Br2ClNO3S2/c1-34-24-12-16(13-25-27(33)32(28(36)37-25)19-9-10-21(29)23(31)14-19)11-22(30)26(24)35-15-18-7-4-6-17-5-2-3-8-20(17)18/h2-14H,15H2,1H3/b25-13-. The van der Waals surface area contributed by atoms with Crippen molar-refractivity contribution in [3.05, 3.63) is 103 Å². The van der Waals surface area contributed by atoms with E-state index < -0.39 is 0 Å². The molecule has 0 saturated carbocycles. The molecule has 0 radical (unpaired) electrons. The van der Waals surface area contributed by atoms with Crippen molar-refractivity contribution in [3.63, 3.8) is 0 Å². The molecule has 37 heavy (non-hydrogen) atoms. The number of halogens is 3. The van der Waals surface area contributed by atoms with Gasteiger partial charge in [-0.2, -0.15) is 0 Å². The SMILES string of the molecule is COc1cc(/C=C2\SC(=S)N(c3ccc(Br)c(Cl)c3)C2=O)cc(Br)c1OCc1cccc2ccccc12. The van der Waals surface area contributed by atoms with Gasteiger partial charge in [0.05, 0.1) is 27.2 Å². The quantitative estimate of drug-likeness (QED) is 0.151. The number of anilines is 1. The Hall–Kier alpha value is -2.36. The number of methoxy groups -OCH3 is 1. The van der Waals surface area contributed by atoms with Crippen LogP contribution in [0.5, 0.6) is 11.5 Å². The number of hydrogen-bond donors (Lipinski definition) is 0. The number of rotatable bonds is 6. The van der Waals surface area contributed by atoms with Gasteiger partial charge >= 0.3 is 0 Å². The summed E-state index contributed by atoms with van der Waals surface area (Å²) >= 11 is 20.0. The third-order valence-corrected chi connectivity index (χ3v) is 8.88. The minimum Gasteiger partial charge on any atom is -0.493 e. The molecule has 1 saturated heterocycles. The number of thioether (sulfide) groups is 1. The minimum absolute atomic E-state index is 0.209. The molecule has 0 aromatic heterocycles. The van der Waals surface area contributed by atoms with Gasteiger partial charge in [-0.05, 0) is 90.2 Å². The summed E-state index contributed by atoms with van der Waals surface area (Å²) in [6.07, 6.45) is 1.79. The monoisotopic (exact) mass is 673 g/mol.